The molecule has 0 fully saturated rings. The molecule has 1 aromatic carbocycles. The highest BCUT2D eigenvalue weighted by atomic mass is 19.1. The van der Waals surface area contributed by atoms with Crippen LogP contribution in [0, 0.1) is 12.7 Å². The standard InChI is InChI=1S/C25H26FN7O/c1-15-20(33-12-6-10-18(21(27)34)25(33)29-15)23-30-22(28-14-16-7-5-8-17(26)13-16)19-9-3-4-11-32(2)24(19)31-23/h5-8,10,12-13H,3-4,9,11,14H2,1-2H3,(H2,27,34)(H,28,30,31). The SMILES string of the molecule is Cc1nc2c(C(N)=O)cccn2c1-c1nc(NCc2cccc(F)c2)c2c(n1)N(C)CCCC2. The van der Waals surface area contributed by atoms with Crippen LogP contribution in [0.3, 0.4) is 0 Å². The summed E-state index contributed by atoms with van der Waals surface area (Å²) in [6.07, 6.45) is 4.77. The summed E-state index contributed by atoms with van der Waals surface area (Å²) >= 11 is 0. The molecular weight excluding hydrogens is 433 g/mol. The van der Waals surface area contributed by atoms with E-state index in [-0.39, 0.29) is 5.82 Å². The van der Waals surface area contributed by atoms with Crippen LogP contribution in [-0.2, 0) is 13.0 Å². The molecular formula is C25H26FN7O. The molecule has 5 rings (SSSR count). The number of nitrogens with zero attached hydrogens (tertiary/aromatic N) is 5. The van der Waals surface area contributed by atoms with Gasteiger partial charge in [0.2, 0.25) is 0 Å². The lowest BCUT2D eigenvalue weighted by molar-refractivity contribution is 0.100. The molecule has 34 heavy (non-hydrogen) atoms. The molecule has 4 aromatic rings. The number of carbonyl (C=O) groups excluding carboxylic acids is 1. The number of fused-ring (bicyclic) bond motifs is 2. The molecule has 8 nitrogen and oxygen atoms in total. The number of rotatable bonds is 5. The number of aromatic nitrogens is 4. The van der Waals surface area contributed by atoms with E-state index in [1.807, 2.05) is 30.6 Å². The van der Waals surface area contributed by atoms with Crippen molar-refractivity contribution in [3.8, 4) is 11.5 Å². The number of amides is 1. The van der Waals surface area contributed by atoms with E-state index in [1.165, 1.54) is 12.1 Å². The molecule has 0 bridgehead atoms. The quantitative estimate of drug-likeness (QED) is 0.472. The van der Waals surface area contributed by atoms with Crippen molar-refractivity contribution in [3.05, 3.63) is 70.8 Å². The van der Waals surface area contributed by atoms with Crippen molar-refractivity contribution >= 4 is 23.2 Å². The van der Waals surface area contributed by atoms with E-state index < -0.39 is 5.91 Å². The number of imidazole rings is 1. The Labute approximate surface area is 196 Å². The van der Waals surface area contributed by atoms with E-state index >= 15 is 0 Å². The number of anilines is 2. The van der Waals surface area contributed by atoms with Crippen LogP contribution in [0.2, 0.25) is 0 Å². The Bertz CT molecular complexity index is 1400. The van der Waals surface area contributed by atoms with Crippen molar-refractivity contribution in [2.75, 3.05) is 23.8 Å². The highest BCUT2D eigenvalue weighted by Crippen LogP contribution is 2.33. The number of hydrogen-bond acceptors (Lipinski definition) is 6. The molecule has 0 aliphatic carbocycles. The normalized spacial score (nSPS) is 13.6. The van der Waals surface area contributed by atoms with Gasteiger partial charge in [0.05, 0.1) is 11.3 Å². The molecule has 0 radical (unpaired) electrons. The molecule has 4 heterocycles. The van der Waals surface area contributed by atoms with Gasteiger partial charge in [-0.1, -0.05) is 12.1 Å². The second-order valence-corrected chi connectivity index (χ2v) is 8.59. The molecule has 0 unspecified atom stereocenters. The summed E-state index contributed by atoms with van der Waals surface area (Å²) in [6, 6.07) is 9.94. The topological polar surface area (TPSA) is 101 Å². The van der Waals surface area contributed by atoms with Gasteiger partial charge in [0.25, 0.3) is 5.91 Å². The third kappa shape index (κ3) is 3.93. The summed E-state index contributed by atoms with van der Waals surface area (Å²) in [6.45, 7) is 3.19. The highest BCUT2D eigenvalue weighted by molar-refractivity contribution is 5.99. The second kappa shape index (κ2) is 8.74. The lowest BCUT2D eigenvalue weighted by atomic mass is 10.1. The van der Waals surface area contributed by atoms with Crippen LogP contribution in [0.5, 0.6) is 0 Å². The first-order chi connectivity index (χ1) is 16.4. The number of aryl methyl sites for hydroxylation is 1. The van der Waals surface area contributed by atoms with Crippen LogP contribution in [0.1, 0.15) is 40.0 Å². The fourth-order valence-corrected chi connectivity index (χ4v) is 4.50. The first-order valence-electron chi connectivity index (χ1n) is 11.3. The fraction of sp³-hybridized carbons (Fsp3) is 0.280. The van der Waals surface area contributed by atoms with E-state index in [0.29, 0.717) is 35.0 Å². The number of halogens is 1. The molecule has 0 atom stereocenters. The zero-order valence-electron chi connectivity index (χ0n) is 19.2. The minimum absolute atomic E-state index is 0.271. The van der Waals surface area contributed by atoms with Crippen molar-refractivity contribution < 1.29 is 9.18 Å². The lowest BCUT2D eigenvalue weighted by Crippen LogP contribution is -2.21. The van der Waals surface area contributed by atoms with Gasteiger partial charge < -0.3 is 16.0 Å². The fourth-order valence-electron chi connectivity index (χ4n) is 4.50. The van der Waals surface area contributed by atoms with Crippen LogP contribution in [0.15, 0.2) is 42.6 Å². The molecule has 3 N–H and O–H groups in total. The van der Waals surface area contributed by atoms with Crippen molar-refractivity contribution in [2.24, 2.45) is 5.73 Å². The zero-order valence-corrected chi connectivity index (χ0v) is 19.2. The highest BCUT2D eigenvalue weighted by Gasteiger charge is 2.24. The largest absolute Gasteiger partial charge is 0.366 e. The summed E-state index contributed by atoms with van der Waals surface area (Å²) < 4.78 is 15.5. The Kier molecular flexibility index (Phi) is 5.61. The van der Waals surface area contributed by atoms with Crippen LogP contribution < -0.4 is 16.0 Å². The van der Waals surface area contributed by atoms with Gasteiger partial charge in [-0.3, -0.25) is 9.20 Å². The molecule has 1 aliphatic rings. The number of carbonyl (C=O) groups is 1. The van der Waals surface area contributed by atoms with E-state index in [2.05, 4.69) is 15.2 Å². The minimum atomic E-state index is -0.540. The average Bonchev–Trinajstić information content (AvgIpc) is 3.04. The molecule has 0 saturated carbocycles. The third-order valence-corrected chi connectivity index (χ3v) is 6.17. The van der Waals surface area contributed by atoms with Gasteiger partial charge in [0.1, 0.15) is 28.8 Å². The van der Waals surface area contributed by atoms with Gasteiger partial charge in [-0.15, -0.1) is 0 Å². The number of pyridine rings is 1. The average molecular weight is 460 g/mol. The van der Waals surface area contributed by atoms with Crippen molar-refractivity contribution in [1.82, 2.24) is 19.4 Å². The Hall–Kier alpha value is -4.01. The van der Waals surface area contributed by atoms with Gasteiger partial charge in [0.15, 0.2) is 5.82 Å². The maximum absolute atomic E-state index is 13.7. The molecule has 9 heteroatoms. The lowest BCUT2D eigenvalue weighted by Gasteiger charge is -2.21. The number of hydrogen-bond donors (Lipinski definition) is 2. The zero-order chi connectivity index (χ0) is 23.8. The predicted octanol–water partition coefficient (Wildman–Crippen LogP) is 3.72. The monoisotopic (exact) mass is 459 g/mol. The van der Waals surface area contributed by atoms with Gasteiger partial charge in [-0.2, -0.15) is 0 Å². The van der Waals surface area contributed by atoms with Crippen LogP contribution in [0.25, 0.3) is 17.2 Å². The van der Waals surface area contributed by atoms with Gasteiger partial charge >= 0.3 is 0 Å². The smallest absolute Gasteiger partial charge is 0.252 e. The Balaban J connectivity index is 1.65. The Morgan fingerprint density at radius 2 is 2.03 bits per heavy atom. The number of nitrogens with two attached hydrogens (primary N) is 1. The van der Waals surface area contributed by atoms with E-state index in [0.717, 1.165) is 48.6 Å². The number of benzene rings is 1. The Morgan fingerprint density at radius 3 is 2.82 bits per heavy atom. The molecule has 174 valence electrons. The van der Waals surface area contributed by atoms with Gasteiger partial charge in [0, 0.05) is 31.9 Å². The first-order valence-corrected chi connectivity index (χ1v) is 11.3. The molecule has 3 aromatic heterocycles. The van der Waals surface area contributed by atoms with Crippen molar-refractivity contribution in [1.29, 1.82) is 0 Å². The van der Waals surface area contributed by atoms with Crippen LogP contribution >= 0.6 is 0 Å². The predicted molar refractivity (Wildman–Crippen MR) is 129 cm³/mol. The molecule has 1 aliphatic heterocycles. The first kappa shape index (κ1) is 21.8. The second-order valence-electron chi connectivity index (χ2n) is 8.59. The maximum atomic E-state index is 13.7. The summed E-state index contributed by atoms with van der Waals surface area (Å²) in [7, 11) is 2.03. The van der Waals surface area contributed by atoms with E-state index in [4.69, 9.17) is 15.7 Å². The van der Waals surface area contributed by atoms with Crippen molar-refractivity contribution in [3.63, 3.8) is 0 Å². The summed E-state index contributed by atoms with van der Waals surface area (Å²) in [5, 5.41) is 3.42. The third-order valence-electron chi connectivity index (χ3n) is 6.17. The summed E-state index contributed by atoms with van der Waals surface area (Å²) in [5.41, 5.74) is 9.65. The summed E-state index contributed by atoms with van der Waals surface area (Å²) in [4.78, 5) is 28.5. The molecule has 0 saturated heterocycles. The van der Waals surface area contributed by atoms with Crippen LogP contribution in [0.4, 0.5) is 16.0 Å². The number of nitrogens with one attached hydrogen (secondary N) is 1. The minimum Gasteiger partial charge on any atom is -0.366 e. The Morgan fingerprint density at radius 1 is 1.18 bits per heavy atom. The van der Waals surface area contributed by atoms with Gasteiger partial charge in [-0.05, 0) is 56.0 Å². The van der Waals surface area contributed by atoms with Crippen molar-refractivity contribution in [2.45, 2.75) is 32.7 Å². The maximum Gasteiger partial charge on any atom is 0.252 e. The van der Waals surface area contributed by atoms with Crippen LogP contribution in [-0.4, -0.2) is 38.9 Å². The summed E-state index contributed by atoms with van der Waals surface area (Å²) in [5.74, 6) is 1.28. The van der Waals surface area contributed by atoms with Gasteiger partial charge in [-0.25, -0.2) is 19.3 Å². The van der Waals surface area contributed by atoms with E-state index in [1.54, 1.807) is 18.2 Å². The molecule has 0 spiro atoms. The molecule has 1 amide bonds. The van der Waals surface area contributed by atoms with E-state index in [9.17, 15) is 9.18 Å². The number of primary amides is 1.